The third-order valence-electron chi connectivity index (χ3n) is 3.68. The van der Waals surface area contributed by atoms with Gasteiger partial charge in [0.15, 0.2) is 0 Å². The van der Waals surface area contributed by atoms with Gasteiger partial charge in [0.1, 0.15) is 17.6 Å². The van der Waals surface area contributed by atoms with Crippen LogP contribution in [-0.4, -0.2) is 25.3 Å². The maximum absolute atomic E-state index is 11.9. The zero-order chi connectivity index (χ0) is 17.1. The van der Waals surface area contributed by atoms with Gasteiger partial charge in [0.05, 0.1) is 30.9 Å². The van der Waals surface area contributed by atoms with Crippen molar-refractivity contribution in [1.82, 2.24) is 19.3 Å². The summed E-state index contributed by atoms with van der Waals surface area (Å²) in [5.74, 6) is 0.194. The summed E-state index contributed by atoms with van der Waals surface area (Å²) in [4.78, 5) is 27.7. The van der Waals surface area contributed by atoms with Crippen molar-refractivity contribution in [1.29, 1.82) is 0 Å². The Morgan fingerprint density at radius 3 is 2.83 bits per heavy atom. The molecule has 0 aliphatic rings. The number of hydrogen-bond donors (Lipinski definition) is 0. The Balaban J connectivity index is 1.64. The molecule has 24 heavy (non-hydrogen) atoms. The molecule has 2 heterocycles. The van der Waals surface area contributed by atoms with Crippen molar-refractivity contribution in [2.75, 3.05) is 0 Å². The molecule has 3 aromatic rings. The summed E-state index contributed by atoms with van der Waals surface area (Å²) >= 11 is 5.88. The van der Waals surface area contributed by atoms with E-state index < -0.39 is 0 Å². The molecule has 124 valence electrons. The maximum Gasteiger partial charge on any atom is 0.308 e. The van der Waals surface area contributed by atoms with Gasteiger partial charge < -0.3 is 9.30 Å². The van der Waals surface area contributed by atoms with Crippen LogP contribution in [0.15, 0.2) is 41.5 Å². The number of benzene rings is 1. The number of carbonyl (C=O) groups excluding carboxylic acids is 1. The number of esters is 1. The highest BCUT2D eigenvalue weighted by atomic mass is 35.5. The van der Waals surface area contributed by atoms with Crippen molar-refractivity contribution in [3.8, 4) is 0 Å². The van der Waals surface area contributed by atoms with Crippen molar-refractivity contribution >= 4 is 28.5 Å². The fourth-order valence-corrected chi connectivity index (χ4v) is 2.46. The van der Waals surface area contributed by atoms with Crippen LogP contribution in [0.25, 0.3) is 10.9 Å². The third kappa shape index (κ3) is 3.30. The van der Waals surface area contributed by atoms with E-state index in [2.05, 4.69) is 10.1 Å². The van der Waals surface area contributed by atoms with Gasteiger partial charge in [-0.3, -0.25) is 14.3 Å². The summed E-state index contributed by atoms with van der Waals surface area (Å²) in [6.45, 7) is 0.376. The summed E-state index contributed by atoms with van der Waals surface area (Å²) in [6.07, 6.45) is 2.89. The monoisotopic (exact) mass is 346 g/mol. The van der Waals surface area contributed by atoms with Crippen molar-refractivity contribution in [2.24, 2.45) is 7.05 Å². The fourth-order valence-electron chi connectivity index (χ4n) is 2.31. The van der Waals surface area contributed by atoms with Crippen LogP contribution in [-0.2, 0) is 29.7 Å². The molecule has 0 saturated heterocycles. The van der Waals surface area contributed by atoms with E-state index in [-0.39, 0.29) is 24.4 Å². The number of carbonyl (C=O) groups is 1. The lowest BCUT2D eigenvalue weighted by atomic mass is 10.2. The zero-order valence-corrected chi connectivity index (χ0v) is 13.7. The first-order valence-electron chi connectivity index (χ1n) is 7.33. The molecular formula is C16H15ClN4O3. The lowest BCUT2D eigenvalue weighted by Crippen LogP contribution is -2.16. The van der Waals surface area contributed by atoms with Gasteiger partial charge in [-0.1, -0.05) is 23.7 Å². The first-order chi connectivity index (χ1) is 11.6. The minimum atomic E-state index is -0.376. The normalized spacial score (nSPS) is 10.9. The molecule has 2 aromatic heterocycles. The molecule has 0 atom stereocenters. The summed E-state index contributed by atoms with van der Waals surface area (Å²) in [5, 5.41) is 5.13. The summed E-state index contributed by atoms with van der Waals surface area (Å²) in [7, 11) is 1.74. The molecule has 0 bridgehead atoms. The largest absolute Gasteiger partial charge is 0.457 e. The number of fused-ring (bicyclic) bond motifs is 1. The van der Waals surface area contributed by atoms with Crippen molar-refractivity contribution in [3.05, 3.63) is 57.9 Å². The van der Waals surface area contributed by atoms with E-state index in [1.807, 2.05) is 6.07 Å². The molecule has 0 unspecified atom stereocenters. The average Bonchev–Trinajstić information content (AvgIpc) is 2.91. The molecule has 0 aliphatic heterocycles. The molecule has 3 rings (SSSR count). The number of hydrogen-bond acceptors (Lipinski definition) is 5. The number of nitrogens with zero attached hydrogens (tertiary/aromatic N) is 4. The Labute approximate surface area is 142 Å². The highest BCUT2D eigenvalue weighted by Gasteiger charge is 2.10. The van der Waals surface area contributed by atoms with E-state index >= 15 is 0 Å². The van der Waals surface area contributed by atoms with Crippen LogP contribution in [0.4, 0.5) is 0 Å². The van der Waals surface area contributed by atoms with Crippen LogP contribution in [0.5, 0.6) is 0 Å². The van der Waals surface area contributed by atoms with Crippen molar-refractivity contribution < 1.29 is 9.53 Å². The lowest BCUT2D eigenvalue weighted by molar-refractivity contribution is -0.145. The van der Waals surface area contributed by atoms with Gasteiger partial charge >= 0.3 is 5.97 Å². The van der Waals surface area contributed by atoms with Gasteiger partial charge in [0, 0.05) is 12.4 Å². The second kappa shape index (κ2) is 6.84. The van der Waals surface area contributed by atoms with Crippen LogP contribution in [0, 0.1) is 0 Å². The van der Waals surface area contributed by atoms with Gasteiger partial charge in [-0.25, -0.2) is 4.98 Å². The van der Waals surface area contributed by atoms with E-state index in [1.165, 1.54) is 12.4 Å². The number of aromatic nitrogens is 4. The molecule has 1 aromatic carbocycles. The van der Waals surface area contributed by atoms with Crippen LogP contribution in [0.1, 0.15) is 12.2 Å². The van der Waals surface area contributed by atoms with E-state index in [4.69, 9.17) is 16.3 Å². The predicted molar refractivity (Wildman–Crippen MR) is 88.6 cm³/mol. The van der Waals surface area contributed by atoms with Gasteiger partial charge in [0.2, 0.25) is 5.43 Å². The minimum Gasteiger partial charge on any atom is -0.457 e. The average molecular weight is 347 g/mol. The quantitative estimate of drug-likeness (QED) is 0.659. The first kappa shape index (κ1) is 16.2. The second-order valence-corrected chi connectivity index (χ2v) is 5.60. The van der Waals surface area contributed by atoms with Gasteiger partial charge in [0.25, 0.3) is 0 Å². The smallest absolute Gasteiger partial charge is 0.308 e. The first-order valence-corrected chi connectivity index (χ1v) is 7.70. The topological polar surface area (TPSA) is 79.0 Å². The highest BCUT2D eigenvalue weighted by molar-refractivity contribution is 6.29. The van der Waals surface area contributed by atoms with Crippen molar-refractivity contribution in [2.45, 2.75) is 19.6 Å². The Bertz CT molecular complexity index is 948. The molecule has 7 nitrogen and oxygen atoms in total. The fraction of sp³-hybridized carbons (Fsp3) is 0.250. The van der Waals surface area contributed by atoms with Crippen molar-refractivity contribution in [3.63, 3.8) is 0 Å². The summed E-state index contributed by atoms with van der Waals surface area (Å²) in [6, 6.07) is 7.15. The number of aryl methyl sites for hydroxylation is 1. The summed E-state index contributed by atoms with van der Waals surface area (Å²) in [5.41, 5.74) is 0.546. The standard InChI is InChI=1S/C16H15ClN4O3/c1-20-14(17)9-18-15(20)10-24-16(23)6-7-21-12-5-3-2-4-11(12)13(22)8-19-21/h2-5,8-9H,6-7,10H2,1H3. The molecule has 0 fully saturated rings. The summed E-state index contributed by atoms with van der Waals surface area (Å²) < 4.78 is 8.46. The third-order valence-corrected chi connectivity index (χ3v) is 4.03. The Morgan fingerprint density at radius 2 is 2.08 bits per heavy atom. The van der Waals surface area contributed by atoms with Crippen LogP contribution in [0.2, 0.25) is 5.15 Å². The Kier molecular flexibility index (Phi) is 4.61. The van der Waals surface area contributed by atoms with Crippen LogP contribution in [0.3, 0.4) is 0 Å². The van der Waals surface area contributed by atoms with E-state index in [1.54, 1.807) is 34.5 Å². The highest BCUT2D eigenvalue weighted by Crippen LogP contribution is 2.11. The van der Waals surface area contributed by atoms with Crippen LogP contribution < -0.4 is 5.43 Å². The Morgan fingerprint density at radius 1 is 1.29 bits per heavy atom. The maximum atomic E-state index is 11.9. The lowest BCUT2D eigenvalue weighted by Gasteiger charge is -2.09. The molecule has 0 aliphatic carbocycles. The molecule has 8 heteroatoms. The predicted octanol–water partition coefficient (Wildman–Crippen LogP) is 1.92. The number of para-hydroxylation sites is 1. The molecule has 0 amide bonds. The molecule has 0 N–H and O–H groups in total. The minimum absolute atomic E-state index is 0.0559. The van der Waals surface area contributed by atoms with E-state index in [9.17, 15) is 9.59 Å². The SMILES string of the molecule is Cn1c(Cl)cnc1COC(=O)CCn1ncc(=O)c2ccccc21. The number of rotatable bonds is 5. The second-order valence-electron chi connectivity index (χ2n) is 5.22. The van der Waals surface area contributed by atoms with Gasteiger partial charge in [-0.15, -0.1) is 0 Å². The molecule has 0 saturated carbocycles. The number of ether oxygens (including phenoxy) is 1. The molecule has 0 spiro atoms. The number of halogens is 1. The molecular weight excluding hydrogens is 332 g/mol. The Hall–Kier alpha value is -2.67. The molecule has 0 radical (unpaired) electrons. The van der Waals surface area contributed by atoms with Gasteiger partial charge in [-0.05, 0) is 12.1 Å². The zero-order valence-electron chi connectivity index (χ0n) is 13.0. The number of imidazole rings is 1. The van der Waals surface area contributed by atoms with E-state index in [0.29, 0.717) is 28.4 Å². The van der Waals surface area contributed by atoms with E-state index in [0.717, 1.165) is 0 Å². The van der Waals surface area contributed by atoms with Gasteiger partial charge in [-0.2, -0.15) is 5.10 Å². The van der Waals surface area contributed by atoms with Crippen LogP contribution >= 0.6 is 11.6 Å².